The smallest absolute Gasteiger partial charge is 0.317 e. The maximum Gasteiger partial charge on any atom is 0.317 e. The topological polar surface area (TPSA) is 52.7 Å². The van der Waals surface area contributed by atoms with Crippen LogP contribution in [0.15, 0.2) is 27.1 Å². The Bertz CT molecular complexity index is 543. The van der Waals surface area contributed by atoms with Gasteiger partial charge in [-0.2, -0.15) is 0 Å². The number of benzene rings is 1. The Labute approximate surface area is 140 Å². The Morgan fingerprint density at radius 2 is 1.76 bits per heavy atom. The van der Waals surface area contributed by atoms with E-state index in [2.05, 4.69) is 37.2 Å². The zero-order chi connectivity index (χ0) is 15.4. The summed E-state index contributed by atoms with van der Waals surface area (Å²) in [5.74, 6) is -0.00933. The quantitative estimate of drug-likeness (QED) is 0.802. The molecule has 1 aromatic carbocycles. The molecule has 0 aliphatic carbocycles. The molecule has 114 valence electrons. The van der Waals surface area contributed by atoms with Gasteiger partial charge in [0.05, 0.1) is 5.56 Å². The van der Waals surface area contributed by atoms with Crippen molar-refractivity contribution in [3.63, 3.8) is 0 Å². The van der Waals surface area contributed by atoms with Gasteiger partial charge < -0.3 is 15.1 Å². The summed E-state index contributed by atoms with van der Waals surface area (Å²) >= 11 is 6.79. The molecule has 1 aromatic rings. The van der Waals surface area contributed by atoms with E-state index in [1.807, 2.05) is 19.1 Å². The van der Waals surface area contributed by atoms with Crippen molar-refractivity contribution in [1.29, 1.82) is 0 Å². The molecule has 0 saturated carbocycles. The van der Waals surface area contributed by atoms with Crippen LogP contribution in [0.25, 0.3) is 0 Å². The van der Waals surface area contributed by atoms with Crippen LogP contribution in [0.2, 0.25) is 0 Å². The number of urea groups is 1. The van der Waals surface area contributed by atoms with Gasteiger partial charge in [0.15, 0.2) is 0 Å². The minimum atomic E-state index is -0.0607. The number of nitrogens with one attached hydrogen (secondary N) is 1. The summed E-state index contributed by atoms with van der Waals surface area (Å²) in [5.41, 5.74) is 0.643. The van der Waals surface area contributed by atoms with Gasteiger partial charge in [-0.1, -0.05) is 15.9 Å². The average molecular weight is 419 g/mol. The Balaban J connectivity index is 1.98. The number of halogens is 2. The Kier molecular flexibility index (Phi) is 5.64. The Morgan fingerprint density at radius 1 is 1.14 bits per heavy atom. The minimum absolute atomic E-state index is 0.00933. The second kappa shape index (κ2) is 7.26. The first kappa shape index (κ1) is 16.3. The number of carbonyl (C=O) groups is 2. The van der Waals surface area contributed by atoms with Crippen LogP contribution in [0.3, 0.4) is 0 Å². The van der Waals surface area contributed by atoms with Crippen molar-refractivity contribution < 1.29 is 9.59 Å². The predicted octanol–water partition coefficient (Wildman–Crippen LogP) is 2.70. The summed E-state index contributed by atoms with van der Waals surface area (Å²) in [4.78, 5) is 27.8. The molecule has 21 heavy (non-hydrogen) atoms. The van der Waals surface area contributed by atoms with E-state index in [9.17, 15) is 9.59 Å². The van der Waals surface area contributed by atoms with Crippen molar-refractivity contribution in [3.05, 3.63) is 32.7 Å². The van der Waals surface area contributed by atoms with E-state index in [1.165, 1.54) is 0 Å². The van der Waals surface area contributed by atoms with E-state index in [4.69, 9.17) is 0 Å². The normalized spacial score (nSPS) is 15.0. The molecule has 1 N–H and O–H groups in total. The highest BCUT2D eigenvalue weighted by Gasteiger charge is 2.25. The highest BCUT2D eigenvalue weighted by molar-refractivity contribution is 9.11. The molecule has 2 rings (SSSR count). The van der Waals surface area contributed by atoms with Gasteiger partial charge in [0, 0.05) is 41.7 Å². The summed E-state index contributed by atoms with van der Waals surface area (Å²) in [6.07, 6.45) is 0. The van der Waals surface area contributed by atoms with Crippen LogP contribution in [0.5, 0.6) is 0 Å². The molecule has 0 aromatic heterocycles. The maximum atomic E-state index is 12.5. The van der Waals surface area contributed by atoms with Crippen LogP contribution in [-0.2, 0) is 0 Å². The molecule has 0 atom stereocenters. The van der Waals surface area contributed by atoms with Crippen LogP contribution in [0, 0.1) is 0 Å². The first-order valence-corrected chi connectivity index (χ1v) is 8.38. The molecule has 1 aliphatic heterocycles. The lowest BCUT2D eigenvalue weighted by atomic mass is 10.2. The number of piperazine rings is 1. The second-order valence-electron chi connectivity index (χ2n) is 4.74. The Morgan fingerprint density at radius 3 is 2.33 bits per heavy atom. The maximum absolute atomic E-state index is 12.5. The third-order valence-corrected chi connectivity index (χ3v) is 4.49. The van der Waals surface area contributed by atoms with Crippen LogP contribution < -0.4 is 5.32 Å². The molecule has 7 heteroatoms. The number of rotatable bonds is 2. The summed E-state index contributed by atoms with van der Waals surface area (Å²) in [6.45, 7) is 4.74. The molecular weight excluding hydrogens is 402 g/mol. The van der Waals surface area contributed by atoms with Crippen molar-refractivity contribution in [2.75, 3.05) is 32.7 Å². The van der Waals surface area contributed by atoms with Gasteiger partial charge >= 0.3 is 6.03 Å². The molecule has 1 aliphatic rings. The van der Waals surface area contributed by atoms with Crippen LogP contribution in [0.1, 0.15) is 17.3 Å². The molecule has 3 amide bonds. The van der Waals surface area contributed by atoms with E-state index < -0.39 is 0 Å². The van der Waals surface area contributed by atoms with E-state index in [1.54, 1.807) is 15.9 Å². The summed E-state index contributed by atoms with van der Waals surface area (Å²) in [6, 6.07) is 5.45. The lowest BCUT2D eigenvalue weighted by Crippen LogP contribution is -2.53. The van der Waals surface area contributed by atoms with Crippen LogP contribution >= 0.6 is 31.9 Å². The highest BCUT2D eigenvalue weighted by atomic mass is 79.9. The molecule has 0 bridgehead atoms. The first-order chi connectivity index (χ1) is 10.0. The largest absolute Gasteiger partial charge is 0.338 e. The second-order valence-corrected chi connectivity index (χ2v) is 6.51. The van der Waals surface area contributed by atoms with Crippen molar-refractivity contribution in [2.24, 2.45) is 0 Å². The summed E-state index contributed by atoms with van der Waals surface area (Å²) in [5, 5.41) is 2.78. The fraction of sp³-hybridized carbons (Fsp3) is 0.429. The number of nitrogens with zero attached hydrogens (tertiary/aromatic N) is 2. The molecule has 0 unspecified atom stereocenters. The van der Waals surface area contributed by atoms with Gasteiger partial charge in [-0.3, -0.25) is 4.79 Å². The lowest BCUT2D eigenvalue weighted by molar-refractivity contribution is 0.0664. The van der Waals surface area contributed by atoms with E-state index >= 15 is 0 Å². The van der Waals surface area contributed by atoms with Crippen molar-refractivity contribution in [2.45, 2.75) is 6.92 Å². The van der Waals surface area contributed by atoms with E-state index in [0.29, 0.717) is 38.3 Å². The fourth-order valence-electron chi connectivity index (χ4n) is 2.21. The van der Waals surface area contributed by atoms with E-state index in [-0.39, 0.29) is 11.9 Å². The third-order valence-electron chi connectivity index (χ3n) is 3.34. The van der Waals surface area contributed by atoms with Crippen LogP contribution in [0.4, 0.5) is 4.79 Å². The number of hydrogen-bond donors (Lipinski definition) is 1. The minimum Gasteiger partial charge on any atom is -0.338 e. The van der Waals surface area contributed by atoms with Gasteiger partial charge in [0.2, 0.25) is 0 Å². The lowest BCUT2D eigenvalue weighted by Gasteiger charge is -2.34. The first-order valence-electron chi connectivity index (χ1n) is 6.80. The standard InChI is InChI=1S/C14H17Br2N3O2/c1-2-17-14(21)19-7-5-18(6-8-19)13(20)11-4-3-10(15)9-12(11)16/h3-4,9H,2,5-8H2,1H3,(H,17,21). The van der Waals surface area contributed by atoms with Gasteiger partial charge in [0.1, 0.15) is 0 Å². The van der Waals surface area contributed by atoms with E-state index in [0.717, 1.165) is 8.95 Å². The average Bonchev–Trinajstić information content (AvgIpc) is 2.47. The summed E-state index contributed by atoms with van der Waals surface area (Å²) in [7, 11) is 0. The highest BCUT2D eigenvalue weighted by Crippen LogP contribution is 2.23. The van der Waals surface area contributed by atoms with Crippen molar-refractivity contribution in [3.8, 4) is 0 Å². The van der Waals surface area contributed by atoms with Gasteiger partial charge in [-0.15, -0.1) is 0 Å². The molecule has 1 fully saturated rings. The SMILES string of the molecule is CCNC(=O)N1CCN(C(=O)c2ccc(Br)cc2Br)CC1. The third kappa shape index (κ3) is 3.97. The molecular formula is C14H17Br2N3O2. The molecule has 1 heterocycles. The Hall–Kier alpha value is -1.08. The van der Waals surface area contributed by atoms with Gasteiger partial charge in [0.25, 0.3) is 5.91 Å². The molecule has 0 radical (unpaired) electrons. The number of carbonyl (C=O) groups excluding carboxylic acids is 2. The number of amides is 3. The molecule has 0 spiro atoms. The molecule has 5 nitrogen and oxygen atoms in total. The van der Waals surface area contributed by atoms with Crippen molar-refractivity contribution >= 4 is 43.8 Å². The zero-order valence-corrected chi connectivity index (χ0v) is 14.9. The van der Waals surface area contributed by atoms with Gasteiger partial charge in [-0.25, -0.2) is 4.79 Å². The molecule has 1 saturated heterocycles. The van der Waals surface area contributed by atoms with Gasteiger partial charge in [-0.05, 0) is 41.1 Å². The van der Waals surface area contributed by atoms with Crippen molar-refractivity contribution in [1.82, 2.24) is 15.1 Å². The predicted molar refractivity (Wildman–Crippen MR) is 88.4 cm³/mol. The summed E-state index contributed by atoms with van der Waals surface area (Å²) < 4.78 is 1.69. The fourth-order valence-corrected chi connectivity index (χ4v) is 3.43. The number of hydrogen-bond acceptors (Lipinski definition) is 2. The zero-order valence-electron chi connectivity index (χ0n) is 11.7. The monoisotopic (exact) mass is 417 g/mol. The van der Waals surface area contributed by atoms with Crippen LogP contribution in [-0.4, -0.2) is 54.5 Å².